The molecule has 0 aliphatic carbocycles. The summed E-state index contributed by atoms with van der Waals surface area (Å²) in [4.78, 5) is 9.96. The van der Waals surface area contributed by atoms with Crippen LogP contribution in [0.15, 0.2) is 23.7 Å². The summed E-state index contributed by atoms with van der Waals surface area (Å²) in [5.74, 6) is 0.690. The highest BCUT2D eigenvalue weighted by molar-refractivity contribution is 5.83. The molecule has 0 atom stereocenters. The molecular formula is C10H13N5. The minimum Gasteiger partial charge on any atom is -0.341 e. The zero-order valence-electron chi connectivity index (χ0n) is 8.50. The second-order valence-corrected chi connectivity index (χ2v) is 3.53. The Morgan fingerprint density at radius 2 is 2.13 bits per heavy atom. The van der Waals surface area contributed by atoms with Gasteiger partial charge in [-0.3, -0.25) is 4.57 Å². The number of nitriles is 1. The minimum absolute atomic E-state index is 0.690. The van der Waals surface area contributed by atoms with Crippen molar-refractivity contribution in [2.24, 2.45) is 4.99 Å². The van der Waals surface area contributed by atoms with E-state index in [1.807, 2.05) is 12.4 Å². The van der Waals surface area contributed by atoms with Crippen LogP contribution in [0.3, 0.4) is 0 Å². The molecule has 0 unspecified atom stereocenters. The third kappa shape index (κ3) is 2.15. The number of aromatic nitrogens is 2. The Morgan fingerprint density at radius 1 is 1.33 bits per heavy atom. The summed E-state index contributed by atoms with van der Waals surface area (Å²) in [6.07, 6.45) is 10.6. The lowest BCUT2D eigenvalue weighted by molar-refractivity contribution is 0.334. The molecule has 0 bridgehead atoms. The van der Waals surface area contributed by atoms with Gasteiger partial charge in [0.2, 0.25) is 12.2 Å². The van der Waals surface area contributed by atoms with E-state index in [-0.39, 0.29) is 0 Å². The molecule has 1 saturated heterocycles. The molecule has 2 rings (SSSR count). The minimum atomic E-state index is 0.690. The van der Waals surface area contributed by atoms with Crippen LogP contribution in [-0.4, -0.2) is 33.5 Å². The first-order valence-corrected chi connectivity index (χ1v) is 5.12. The molecule has 0 saturated carbocycles. The van der Waals surface area contributed by atoms with Crippen LogP contribution in [-0.2, 0) is 0 Å². The highest BCUT2D eigenvalue weighted by Crippen LogP contribution is 2.10. The molecule has 78 valence electrons. The fraction of sp³-hybridized carbons (Fsp3) is 0.500. The summed E-state index contributed by atoms with van der Waals surface area (Å²) in [5, 5.41) is 8.67. The van der Waals surface area contributed by atoms with Gasteiger partial charge in [0.15, 0.2) is 0 Å². The van der Waals surface area contributed by atoms with Crippen molar-refractivity contribution in [2.45, 2.75) is 19.3 Å². The Labute approximate surface area is 88.7 Å². The lowest BCUT2D eigenvalue weighted by Gasteiger charge is -2.28. The molecule has 1 aromatic rings. The molecule has 1 fully saturated rings. The molecular weight excluding hydrogens is 190 g/mol. The second-order valence-electron chi connectivity index (χ2n) is 3.53. The Hall–Kier alpha value is -1.83. The molecule has 5 heteroatoms. The van der Waals surface area contributed by atoms with Gasteiger partial charge in [-0.15, -0.1) is 4.99 Å². The van der Waals surface area contributed by atoms with Gasteiger partial charge in [-0.1, -0.05) is 0 Å². The number of piperidine rings is 1. The van der Waals surface area contributed by atoms with E-state index in [1.54, 1.807) is 17.1 Å². The first kappa shape index (κ1) is 9.71. The van der Waals surface area contributed by atoms with Crippen molar-refractivity contribution in [3.63, 3.8) is 0 Å². The van der Waals surface area contributed by atoms with E-state index in [9.17, 15) is 0 Å². The molecule has 15 heavy (non-hydrogen) atoms. The van der Waals surface area contributed by atoms with Crippen LogP contribution in [0.2, 0.25) is 0 Å². The monoisotopic (exact) mass is 203 g/mol. The van der Waals surface area contributed by atoms with Crippen LogP contribution in [0, 0.1) is 11.5 Å². The Balaban J connectivity index is 2.20. The molecule has 0 radical (unpaired) electrons. The van der Waals surface area contributed by atoms with E-state index in [1.165, 1.54) is 19.3 Å². The van der Waals surface area contributed by atoms with E-state index in [4.69, 9.17) is 5.26 Å². The van der Waals surface area contributed by atoms with Gasteiger partial charge in [-0.2, -0.15) is 5.26 Å². The molecule has 1 aliphatic heterocycles. The number of aliphatic imine (C=N–C) groups is 1. The van der Waals surface area contributed by atoms with Gasteiger partial charge >= 0.3 is 0 Å². The highest BCUT2D eigenvalue weighted by atomic mass is 15.3. The van der Waals surface area contributed by atoms with Gasteiger partial charge in [0.1, 0.15) is 6.33 Å². The number of imidazole rings is 1. The van der Waals surface area contributed by atoms with Gasteiger partial charge in [0.25, 0.3) is 0 Å². The number of hydrogen-bond acceptors (Lipinski definition) is 3. The summed E-state index contributed by atoms with van der Waals surface area (Å²) in [5.41, 5.74) is 0. The van der Waals surface area contributed by atoms with Gasteiger partial charge in [-0.25, -0.2) is 4.98 Å². The van der Waals surface area contributed by atoms with E-state index in [2.05, 4.69) is 14.9 Å². The molecule has 5 nitrogen and oxygen atoms in total. The Morgan fingerprint density at radius 3 is 2.73 bits per heavy atom. The average Bonchev–Trinajstić information content (AvgIpc) is 2.80. The quantitative estimate of drug-likeness (QED) is 0.360. The maximum atomic E-state index is 8.67. The molecule has 0 N–H and O–H groups in total. The van der Waals surface area contributed by atoms with Crippen molar-refractivity contribution in [3.05, 3.63) is 18.7 Å². The van der Waals surface area contributed by atoms with Gasteiger partial charge in [0.05, 0.1) is 0 Å². The van der Waals surface area contributed by atoms with Crippen LogP contribution in [0.25, 0.3) is 0 Å². The van der Waals surface area contributed by atoms with E-state index in [0.717, 1.165) is 13.1 Å². The predicted octanol–water partition coefficient (Wildman–Crippen LogP) is 1.05. The molecule has 1 aromatic heterocycles. The Kier molecular flexibility index (Phi) is 2.98. The van der Waals surface area contributed by atoms with Crippen LogP contribution in [0.4, 0.5) is 0 Å². The van der Waals surface area contributed by atoms with E-state index in [0.29, 0.717) is 5.96 Å². The third-order valence-corrected chi connectivity index (χ3v) is 2.52. The fourth-order valence-corrected chi connectivity index (χ4v) is 1.81. The lowest BCUT2D eigenvalue weighted by Crippen LogP contribution is -2.39. The van der Waals surface area contributed by atoms with Crippen molar-refractivity contribution in [3.8, 4) is 6.19 Å². The summed E-state index contributed by atoms with van der Waals surface area (Å²) in [7, 11) is 0. The number of likely N-dealkylation sites (tertiary alicyclic amines) is 1. The summed E-state index contributed by atoms with van der Waals surface area (Å²) in [6, 6.07) is 0. The first-order valence-electron chi connectivity index (χ1n) is 5.12. The molecule has 2 heterocycles. The third-order valence-electron chi connectivity index (χ3n) is 2.52. The summed E-state index contributed by atoms with van der Waals surface area (Å²) < 4.78 is 1.79. The molecule has 0 amide bonds. The largest absolute Gasteiger partial charge is 0.341 e. The molecule has 0 aromatic carbocycles. The zero-order chi connectivity index (χ0) is 10.5. The SMILES string of the molecule is N#CN=C(N1CCCCC1)n1ccnc1. The first-order chi connectivity index (χ1) is 7.42. The van der Waals surface area contributed by atoms with E-state index < -0.39 is 0 Å². The highest BCUT2D eigenvalue weighted by Gasteiger charge is 2.15. The number of nitrogens with zero attached hydrogens (tertiary/aromatic N) is 5. The van der Waals surface area contributed by atoms with Gasteiger partial charge in [0, 0.05) is 25.5 Å². The van der Waals surface area contributed by atoms with Crippen molar-refractivity contribution in [1.29, 1.82) is 5.26 Å². The number of rotatable bonds is 0. The van der Waals surface area contributed by atoms with Crippen molar-refractivity contribution < 1.29 is 0 Å². The second kappa shape index (κ2) is 4.60. The number of hydrogen-bond donors (Lipinski definition) is 0. The standard InChI is InChI=1S/C10H13N5/c11-8-13-10(15-7-4-12-9-15)14-5-2-1-3-6-14/h4,7,9H,1-3,5-6H2. The van der Waals surface area contributed by atoms with Crippen LogP contribution >= 0.6 is 0 Å². The predicted molar refractivity (Wildman–Crippen MR) is 56.1 cm³/mol. The van der Waals surface area contributed by atoms with E-state index >= 15 is 0 Å². The lowest BCUT2D eigenvalue weighted by atomic mass is 10.1. The maximum Gasteiger partial charge on any atom is 0.221 e. The summed E-state index contributed by atoms with van der Waals surface area (Å²) >= 11 is 0. The smallest absolute Gasteiger partial charge is 0.221 e. The summed E-state index contributed by atoms with van der Waals surface area (Å²) in [6.45, 7) is 1.94. The maximum absolute atomic E-state index is 8.67. The van der Waals surface area contributed by atoms with Crippen LogP contribution in [0.1, 0.15) is 19.3 Å². The van der Waals surface area contributed by atoms with Crippen LogP contribution < -0.4 is 0 Å². The van der Waals surface area contributed by atoms with Crippen molar-refractivity contribution in [1.82, 2.24) is 14.5 Å². The fourth-order valence-electron chi connectivity index (χ4n) is 1.81. The van der Waals surface area contributed by atoms with Crippen molar-refractivity contribution in [2.75, 3.05) is 13.1 Å². The molecule has 0 spiro atoms. The van der Waals surface area contributed by atoms with Crippen LogP contribution in [0.5, 0.6) is 0 Å². The average molecular weight is 203 g/mol. The zero-order valence-corrected chi connectivity index (χ0v) is 8.50. The van der Waals surface area contributed by atoms with Gasteiger partial charge in [-0.05, 0) is 19.3 Å². The Bertz CT molecular complexity index is 367. The van der Waals surface area contributed by atoms with Crippen molar-refractivity contribution >= 4 is 5.96 Å². The molecule has 1 aliphatic rings. The topological polar surface area (TPSA) is 57.2 Å². The van der Waals surface area contributed by atoms with Gasteiger partial charge < -0.3 is 4.90 Å². The normalized spacial score (nSPS) is 17.5.